The van der Waals surface area contributed by atoms with Gasteiger partial charge in [-0.15, -0.1) is 11.3 Å². The first-order chi connectivity index (χ1) is 15.0. The van der Waals surface area contributed by atoms with Crippen molar-refractivity contribution in [2.45, 2.75) is 48.5 Å². The van der Waals surface area contributed by atoms with E-state index in [-0.39, 0.29) is 0 Å². The third kappa shape index (κ3) is 7.07. The van der Waals surface area contributed by atoms with Crippen LogP contribution in [0.3, 0.4) is 0 Å². The lowest BCUT2D eigenvalue weighted by Gasteiger charge is -2.02. The summed E-state index contributed by atoms with van der Waals surface area (Å²) in [4.78, 5) is 9.13. The van der Waals surface area contributed by atoms with Crippen molar-refractivity contribution >= 4 is 22.7 Å². The maximum absolute atomic E-state index is 4.59. The molecule has 4 rings (SSSR count). The van der Waals surface area contributed by atoms with Crippen molar-refractivity contribution in [2.75, 3.05) is 7.05 Å². The number of hydrogen-bond acceptors (Lipinski definition) is 4. The van der Waals surface area contributed by atoms with E-state index in [2.05, 4.69) is 56.9 Å². The number of imidazole rings is 1. The summed E-state index contributed by atoms with van der Waals surface area (Å²) < 4.78 is 2.11. The van der Waals surface area contributed by atoms with Gasteiger partial charge < -0.3 is 5.32 Å². The first-order valence-electron chi connectivity index (χ1n) is 10.8. The van der Waals surface area contributed by atoms with Crippen molar-refractivity contribution < 1.29 is 0 Å². The van der Waals surface area contributed by atoms with E-state index in [0.717, 1.165) is 39.0 Å². The molecule has 0 saturated heterocycles. The van der Waals surface area contributed by atoms with Crippen molar-refractivity contribution in [3.05, 3.63) is 82.4 Å². The zero-order valence-corrected chi connectivity index (χ0v) is 21.0. The Bertz CT molecular complexity index is 1060. The number of fused-ring (bicyclic) bond motifs is 1. The Kier molecular flexibility index (Phi) is 11.3. The minimum absolute atomic E-state index is 0.959. The fraction of sp³-hybridized carbons (Fsp3) is 0.308. The SMILES string of the molecule is C=C(NC)c1ccccc1.CC.CC.Cc1ccn2c(-c3csc(C)n3)c(C)nc2c1. The quantitative estimate of drug-likeness (QED) is 0.366. The molecule has 4 nitrogen and oxygen atoms in total. The van der Waals surface area contributed by atoms with E-state index >= 15 is 0 Å². The van der Waals surface area contributed by atoms with Crippen LogP contribution in [0.15, 0.2) is 60.6 Å². The van der Waals surface area contributed by atoms with Gasteiger partial charge in [-0.05, 0) is 44.0 Å². The van der Waals surface area contributed by atoms with Gasteiger partial charge in [-0.25, -0.2) is 9.97 Å². The van der Waals surface area contributed by atoms with E-state index < -0.39 is 0 Å². The molecule has 0 atom stereocenters. The number of benzene rings is 1. The molecule has 31 heavy (non-hydrogen) atoms. The first-order valence-corrected chi connectivity index (χ1v) is 11.7. The summed E-state index contributed by atoms with van der Waals surface area (Å²) in [6.45, 7) is 18.0. The van der Waals surface area contributed by atoms with Crippen LogP contribution in [0, 0.1) is 20.8 Å². The lowest BCUT2D eigenvalue weighted by molar-refractivity contribution is 1.13. The van der Waals surface area contributed by atoms with Crippen LogP contribution in [0.4, 0.5) is 0 Å². The van der Waals surface area contributed by atoms with Gasteiger partial charge in [0, 0.05) is 24.3 Å². The number of nitrogens with zero attached hydrogens (tertiary/aromatic N) is 3. The predicted octanol–water partition coefficient (Wildman–Crippen LogP) is 7.31. The van der Waals surface area contributed by atoms with E-state index in [1.807, 2.05) is 78.9 Å². The number of pyridine rings is 1. The van der Waals surface area contributed by atoms with Gasteiger partial charge in [0.1, 0.15) is 11.3 Å². The number of hydrogen-bond donors (Lipinski definition) is 1. The van der Waals surface area contributed by atoms with Gasteiger partial charge in [-0.3, -0.25) is 4.40 Å². The third-order valence-electron chi connectivity index (χ3n) is 4.24. The van der Waals surface area contributed by atoms with Gasteiger partial charge >= 0.3 is 0 Å². The lowest BCUT2D eigenvalue weighted by Crippen LogP contribution is -2.01. The zero-order chi connectivity index (χ0) is 23.4. The standard InChI is InChI=1S/C13H13N3S.C9H11N.2C2H6/c1-8-4-5-16-12(6-8)14-9(2)13(16)11-7-17-10(3)15-11;1-8(10-2)9-6-4-3-5-7-9;2*1-2/h4-7H,1-3H3;3-7,10H,1H2,2H3;2*1-2H3. The number of nitrogens with one attached hydrogen (secondary N) is 1. The van der Waals surface area contributed by atoms with Gasteiger partial charge in [-0.2, -0.15) is 0 Å². The Balaban J connectivity index is 0.000000295. The molecule has 1 aromatic carbocycles. The van der Waals surface area contributed by atoms with Gasteiger partial charge in [0.2, 0.25) is 0 Å². The summed E-state index contributed by atoms with van der Waals surface area (Å²) in [5, 5.41) is 6.16. The van der Waals surface area contributed by atoms with Crippen LogP contribution >= 0.6 is 11.3 Å². The Morgan fingerprint density at radius 1 is 0.968 bits per heavy atom. The van der Waals surface area contributed by atoms with Crippen molar-refractivity contribution in [2.24, 2.45) is 0 Å². The molecule has 0 aliphatic rings. The molecule has 3 aromatic heterocycles. The Morgan fingerprint density at radius 2 is 1.61 bits per heavy atom. The average Bonchev–Trinajstić information content (AvgIpc) is 3.38. The number of rotatable bonds is 3. The molecule has 0 amide bonds. The van der Waals surface area contributed by atoms with Gasteiger partial charge in [0.15, 0.2) is 0 Å². The van der Waals surface area contributed by atoms with Crippen LogP contribution < -0.4 is 5.32 Å². The summed E-state index contributed by atoms with van der Waals surface area (Å²) in [5.74, 6) is 0. The number of thiazole rings is 1. The van der Waals surface area contributed by atoms with Gasteiger partial charge in [0.25, 0.3) is 0 Å². The van der Waals surface area contributed by atoms with Gasteiger partial charge in [-0.1, -0.05) is 64.6 Å². The van der Waals surface area contributed by atoms with Crippen LogP contribution in [0.1, 0.15) is 49.5 Å². The smallest absolute Gasteiger partial charge is 0.137 e. The van der Waals surface area contributed by atoms with Crippen molar-refractivity contribution in [1.29, 1.82) is 0 Å². The van der Waals surface area contributed by atoms with Crippen molar-refractivity contribution in [3.63, 3.8) is 0 Å². The molecule has 3 heterocycles. The molecule has 0 fully saturated rings. The zero-order valence-electron chi connectivity index (χ0n) is 20.2. The van der Waals surface area contributed by atoms with Crippen LogP contribution in [-0.2, 0) is 0 Å². The molecule has 1 N–H and O–H groups in total. The van der Waals surface area contributed by atoms with E-state index in [4.69, 9.17) is 0 Å². The highest BCUT2D eigenvalue weighted by molar-refractivity contribution is 7.09. The molecule has 0 spiro atoms. The maximum Gasteiger partial charge on any atom is 0.137 e. The monoisotopic (exact) mass is 436 g/mol. The van der Waals surface area contributed by atoms with Crippen molar-refractivity contribution in [1.82, 2.24) is 19.7 Å². The minimum Gasteiger partial charge on any atom is -0.388 e. The fourth-order valence-electron chi connectivity index (χ4n) is 2.83. The molecule has 5 heteroatoms. The summed E-state index contributed by atoms with van der Waals surface area (Å²) in [7, 11) is 1.87. The molecule has 4 aromatic rings. The Labute approximate surface area is 191 Å². The van der Waals surface area contributed by atoms with Crippen LogP contribution in [0.25, 0.3) is 22.7 Å². The van der Waals surface area contributed by atoms with Crippen LogP contribution in [0.2, 0.25) is 0 Å². The molecule has 0 unspecified atom stereocenters. The lowest BCUT2D eigenvalue weighted by atomic mass is 10.2. The second kappa shape index (κ2) is 13.4. The van der Waals surface area contributed by atoms with E-state index in [0.29, 0.717) is 0 Å². The van der Waals surface area contributed by atoms with Crippen LogP contribution in [-0.4, -0.2) is 21.4 Å². The Morgan fingerprint density at radius 3 is 2.16 bits per heavy atom. The molecule has 0 bridgehead atoms. The average molecular weight is 437 g/mol. The molecule has 0 radical (unpaired) electrons. The summed E-state index contributed by atoms with van der Waals surface area (Å²) in [6, 6.07) is 14.2. The number of aryl methyl sites for hydroxylation is 3. The van der Waals surface area contributed by atoms with E-state index in [1.54, 1.807) is 11.3 Å². The fourth-order valence-corrected chi connectivity index (χ4v) is 3.43. The highest BCUT2D eigenvalue weighted by atomic mass is 32.1. The topological polar surface area (TPSA) is 42.2 Å². The first kappa shape index (κ1) is 26.1. The van der Waals surface area contributed by atoms with Crippen LogP contribution in [0.5, 0.6) is 0 Å². The summed E-state index contributed by atoms with van der Waals surface area (Å²) in [6.07, 6.45) is 2.06. The molecule has 0 aliphatic carbocycles. The Hall–Kier alpha value is -2.92. The second-order valence-electron chi connectivity index (χ2n) is 6.32. The molecular weight excluding hydrogens is 400 g/mol. The second-order valence-corrected chi connectivity index (χ2v) is 7.39. The number of aromatic nitrogens is 3. The third-order valence-corrected chi connectivity index (χ3v) is 5.02. The summed E-state index contributed by atoms with van der Waals surface area (Å²) in [5.41, 5.74) is 7.46. The largest absolute Gasteiger partial charge is 0.388 e. The van der Waals surface area contributed by atoms with E-state index in [9.17, 15) is 0 Å². The molecular formula is C26H36N4S. The van der Waals surface area contributed by atoms with Gasteiger partial charge in [0.05, 0.1) is 16.4 Å². The normalized spacial score (nSPS) is 9.42. The van der Waals surface area contributed by atoms with E-state index in [1.165, 1.54) is 5.56 Å². The highest BCUT2D eigenvalue weighted by Gasteiger charge is 2.13. The van der Waals surface area contributed by atoms with Crippen molar-refractivity contribution in [3.8, 4) is 11.4 Å². The highest BCUT2D eigenvalue weighted by Crippen LogP contribution is 2.26. The molecule has 0 aliphatic heterocycles. The minimum atomic E-state index is 0.959. The predicted molar refractivity (Wildman–Crippen MR) is 138 cm³/mol. The summed E-state index contributed by atoms with van der Waals surface area (Å²) >= 11 is 1.67. The maximum atomic E-state index is 4.59. The molecule has 166 valence electrons. The molecule has 0 saturated carbocycles.